The smallest absolute Gasteiger partial charge is 0.240 e. The highest BCUT2D eigenvalue weighted by atomic mass is 32.1. The van der Waals surface area contributed by atoms with Gasteiger partial charge in [-0.1, -0.05) is 23.8 Å². The van der Waals surface area contributed by atoms with Gasteiger partial charge in [-0.15, -0.1) is 11.3 Å². The summed E-state index contributed by atoms with van der Waals surface area (Å²) in [6, 6.07) is 7.67. The van der Waals surface area contributed by atoms with Gasteiger partial charge in [0.1, 0.15) is 11.0 Å². The second kappa shape index (κ2) is 6.50. The van der Waals surface area contributed by atoms with Crippen molar-refractivity contribution in [3.63, 3.8) is 0 Å². The number of nitrogens with zero attached hydrogens (tertiary/aromatic N) is 2. The maximum Gasteiger partial charge on any atom is 0.240 e. The van der Waals surface area contributed by atoms with Gasteiger partial charge in [-0.3, -0.25) is 9.59 Å². The summed E-state index contributed by atoms with van der Waals surface area (Å²) in [5.74, 6) is -0.498. The fraction of sp³-hybridized carbons (Fsp3) is 0.353. The van der Waals surface area contributed by atoms with Crippen LogP contribution in [0.5, 0.6) is 0 Å². The van der Waals surface area contributed by atoms with Gasteiger partial charge in [-0.05, 0) is 25.8 Å². The average Bonchev–Trinajstić information content (AvgIpc) is 3.16. The van der Waals surface area contributed by atoms with Gasteiger partial charge >= 0.3 is 0 Å². The Morgan fingerprint density at radius 1 is 1.43 bits per heavy atom. The molecule has 2 heterocycles. The Balaban J connectivity index is 1.72. The van der Waals surface area contributed by atoms with Crippen LogP contribution in [-0.4, -0.2) is 34.3 Å². The van der Waals surface area contributed by atoms with Crippen molar-refractivity contribution in [1.29, 1.82) is 0 Å². The summed E-state index contributed by atoms with van der Waals surface area (Å²) < 4.78 is 0. The fourth-order valence-corrected chi connectivity index (χ4v) is 3.73. The number of benzene rings is 1. The standard InChI is InChI=1S/C17H19N3O2S/c1-11-4-2-5-12(8-11)17-19-13(10-23-17)9-15(21)20-7-3-6-14(20)16(18)22/h2,4-5,8,10,14H,3,6-7,9H2,1H3,(H2,18,22)/t14-/m1/s1. The van der Waals surface area contributed by atoms with E-state index in [1.165, 1.54) is 16.9 Å². The molecule has 0 unspecified atom stereocenters. The van der Waals surface area contributed by atoms with Crippen molar-refractivity contribution in [2.75, 3.05) is 6.54 Å². The Bertz CT molecular complexity index is 741. The molecule has 5 nitrogen and oxygen atoms in total. The number of carbonyl (C=O) groups is 2. The van der Waals surface area contributed by atoms with Gasteiger partial charge in [0.2, 0.25) is 11.8 Å². The average molecular weight is 329 g/mol. The molecule has 1 atom stereocenters. The number of thiazole rings is 1. The third-order valence-corrected chi connectivity index (χ3v) is 4.99. The molecule has 23 heavy (non-hydrogen) atoms. The molecule has 1 fully saturated rings. The van der Waals surface area contributed by atoms with Crippen molar-refractivity contribution in [2.24, 2.45) is 5.73 Å². The number of carbonyl (C=O) groups excluding carboxylic acids is 2. The number of rotatable bonds is 4. The lowest BCUT2D eigenvalue weighted by Gasteiger charge is -2.21. The molecule has 0 saturated carbocycles. The van der Waals surface area contributed by atoms with E-state index in [0.29, 0.717) is 13.0 Å². The molecule has 1 aromatic carbocycles. The second-order valence-electron chi connectivity index (χ2n) is 5.84. The fourth-order valence-electron chi connectivity index (χ4n) is 2.92. The first kappa shape index (κ1) is 15.7. The molecular formula is C17H19N3O2S. The van der Waals surface area contributed by atoms with E-state index in [-0.39, 0.29) is 12.3 Å². The lowest BCUT2D eigenvalue weighted by atomic mass is 10.1. The van der Waals surface area contributed by atoms with E-state index in [2.05, 4.69) is 11.1 Å². The molecule has 3 rings (SSSR count). The summed E-state index contributed by atoms with van der Waals surface area (Å²) in [4.78, 5) is 30.0. The van der Waals surface area contributed by atoms with Crippen molar-refractivity contribution < 1.29 is 9.59 Å². The van der Waals surface area contributed by atoms with Crippen LogP contribution < -0.4 is 5.73 Å². The van der Waals surface area contributed by atoms with Crippen LogP contribution >= 0.6 is 11.3 Å². The topological polar surface area (TPSA) is 76.3 Å². The molecule has 120 valence electrons. The highest BCUT2D eigenvalue weighted by Gasteiger charge is 2.32. The SMILES string of the molecule is Cc1cccc(-c2nc(CC(=O)N3CCC[C@@H]3C(N)=O)cs2)c1. The van der Waals surface area contributed by atoms with Crippen LogP contribution in [0.25, 0.3) is 10.6 Å². The van der Waals surface area contributed by atoms with Crippen molar-refractivity contribution in [3.05, 3.63) is 40.9 Å². The van der Waals surface area contributed by atoms with Crippen molar-refractivity contribution >= 4 is 23.2 Å². The quantitative estimate of drug-likeness (QED) is 0.933. The summed E-state index contributed by atoms with van der Waals surface area (Å²) in [5, 5.41) is 2.81. The molecule has 1 aromatic heterocycles. The predicted octanol–water partition coefficient (Wildman–Crippen LogP) is 2.14. The van der Waals surface area contributed by atoms with E-state index in [0.717, 1.165) is 22.7 Å². The minimum Gasteiger partial charge on any atom is -0.368 e. The van der Waals surface area contributed by atoms with Gasteiger partial charge in [0.05, 0.1) is 12.1 Å². The molecule has 0 bridgehead atoms. The molecule has 1 saturated heterocycles. The molecule has 2 amide bonds. The van der Waals surface area contributed by atoms with Crippen LogP contribution in [0.1, 0.15) is 24.1 Å². The van der Waals surface area contributed by atoms with Crippen LogP contribution in [0, 0.1) is 6.92 Å². The number of hydrogen-bond donors (Lipinski definition) is 1. The summed E-state index contributed by atoms with van der Waals surface area (Å²) in [7, 11) is 0. The number of aromatic nitrogens is 1. The van der Waals surface area contributed by atoms with Crippen molar-refractivity contribution in [1.82, 2.24) is 9.88 Å². The number of likely N-dealkylation sites (tertiary alicyclic amines) is 1. The van der Waals surface area contributed by atoms with E-state index in [1.807, 2.05) is 30.5 Å². The molecule has 0 radical (unpaired) electrons. The Hall–Kier alpha value is -2.21. The van der Waals surface area contributed by atoms with E-state index in [1.54, 1.807) is 4.90 Å². The van der Waals surface area contributed by atoms with Gasteiger partial charge in [0, 0.05) is 17.5 Å². The zero-order valence-electron chi connectivity index (χ0n) is 13.0. The summed E-state index contributed by atoms with van der Waals surface area (Å²) in [5.41, 5.74) is 8.35. The van der Waals surface area contributed by atoms with Crippen LogP contribution in [-0.2, 0) is 16.0 Å². The largest absolute Gasteiger partial charge is 0.368 e. The normalized spacial score (nSPS) is 17.4. The molecule has 2 N–H and O–H groups in total. The summed E-state index contributed by atoms with van der Waals surface area (Å²) in [6.07, 6.45) is 1.70. The zero-order valence-corrected chi connectivity index (χ0v) is 13.8. The molecule has 0 spiro atoms. The van der Waals surface area contributed by atoms with Crippen molar-refractivity contribution in [2.45, 2.75) is 32.2 Å². The van der Waals surface area contributed by atoms with E-state index < -0.39 is 11.9 Å². The third-order valence-electron chi connectivity index (χ3n) is 4.05. The Kier molecular flexibility index (Phi) is 4.43. The Labute approximate surface area is 139 Å². The molecular weight excluding hydrogens is 310 g/mol. The van der Waals surface area contributed by atoms with E-state index in [4.69, 9.17) is 5.73 Å². The minimum absolute atomic E-state index is 0.0765. The molecule has 1 aliphatic heterocycles. The van der Waals surface area contributed by atoms with Crippen LogP contribution in [0.3, 0.4) is 0 Å². The van der Waals surface area contributed by atoms with E-state index in [9.17, 15) is 9.59 Å². The highest BCUT2D eigenvalue weighted by Crippen LogP contribution is 2.25. The van der Waals surface area contributed by atoms with E-state index >= 15 is 0 Å². The maximum absolute atomic E-state index is 12.4. The first-order valence-electron chi connectivity index (χ1n) is 7.65. The van der Waals surface area contributed by atoms with Gasteiger partial charge in [0.25, 0.3) is 0 Å². The first-order chi connectivity index (χ1) is 11.0. The van der Waals surface area contributed by atoms with Gasteiger partial charge < -0.3 is 10.6 Å². The van der Waals surface area contributed by atoms with Gasteiger partial charge in [-0.2, -0.15) is 0 Å². The summed E-state index contributed by atoms with van der Waals surface area (Å²) in [6.45, 7) is 2.64. The van der Waals surface area contributed by atoms with Gasteiger partial charge in [0.15, 0.2) is 0 Å². The monoisotopic (exact) mass is 329 g/mol. The Morgan fingerprint density at radius 3 is 3.00 bits per heavy atom. The third kappa shape index (κ3) is 3.42. The van der Waals surface area contributed by atoms with Gasteiger partial charge in [-0.25, -0.2) is 4.98 Å². The highest BCUT2D eigenvalue weighted by molar-refractivity contribution is 7.13. The van der Waals surface area contributed by atoms with Crippen LogP contribution in [0.2, 0.25) is 0 Å². The lowest BCUT2D eigenvalue weighted by Crippen LogP contribution is -2.44. The molecule has 6 heteroatoms. The zero-order chi connectivity index (χ0) is 16.4. The second-order valence-corrected chi connectivity index (χ2v) is 6.70. The number of amides is 2. The number of primary amides is 1. The molecule has 2 aromatic rings. The number of nitrogens with two attached hydrogens (primary N) is 1. The van der Waals surface area contributed by atoms with Crippen LogP contribution in [0.15, 0.2) is 29.6 Å². The molecule has 0 aliphatic carbocycles. The van der Waals surface area contributed by atoms with Crippen molar-refractivity contribution in [3.8, 4) is 10.6 Å². The maximum atomic E-state index is 12.4. The lowest BCUT2D eigenvalue weighted by molar-refractivity contribution is -0.136. The first-order valence-corrected chi connectivity index (χ1v) is 8.53. The molecule has 1 aliphatic rings. The van der Waals surface area contributed by atoms with Crippen LogP contribution in [0.4, 0.5) is 0 Å². The summed E-state index contributed by atoms with van der Waals surface area (Å²) >= 11 is 1.53. The minimum atomic E-state index is -0.461. The number of aryl methyl sites for hydroxylation is 1. The predicted molar refractivity (Wildman–Crippen MR) is 89.9 cm³/mol. The number of hydrogen-bond acceptors (Lipinski definition) is 4. The Morgan fingerprint density at radius 2 is 2.26 bits per heavy atom.